The van der Waals surface area contributed by atoms with Gasteiger partial charge in [0.25, 0.3) is 0 Å². The number of aliphatic hydroxyl groups excluding tert-OH is 2. The summed E-state index contributed by atoms with van der Waals surface area (Å²) in [4.78, 5) is 0. The van der Waals surface area contributed by atoms with Gasteiger partial charge in [0.2, 0.25) is 0 Å². The zero-order valence-corrected chi connectivity index (χ0v) is 17.6. The Bertz CT molecular complexity index is 986. The van der Waals surface area contributed by atoms with Gasteiger partial charge in [-0.25, -0.2) is 0 Å². The molecule has 0 saturated carbocycles. The highest BCUT2D eigenvalue weighted by atomic mass is 16.5. The molecule has 0 aromatic heterocycles. The smallest absolute Gasteiger partial charge is 0.180 e. The van der Waals surface area contributed by atoms with Crippen LogP contribution in [0.4, 0.5) is 0 Å². The summed E-state index contributed by atoms with van der Waals surface area (Å²) < 4.78 is 6.54. The third-order valence-electron chi connectivity index (χ3n) is 6.06. The highest BCUT2D eigenvalue weighted by molar-refractivity contribution is 5.47. The maximum absolute atomic E-state index is 11.2. The van der Waals surface area contributed by atoms with Crippen LogP contribution < -0.4 is 5.73 Å². The van der Waals surface area contributed by atoms with E-state index in [1.165, 1.54) is 0 Å². The number of hydrogen-bond donors (Lipinski definition) is 5. The Morgan fingerprint density at radius 1 is 0.688 bits per heavy atom. The third kappa shape index (κ3) is 3.78. The molecule has 0 bridgehead atoms. The van der Waals surface area contributed by atoms with E-state index in [-0.39, 0.29) is 19.4 Å². The van der Waals surface area contributed by atoms with Crippen LogP contribution in [-0.2, 0) is 10.3 Å². The number of nitrogens with two attached hydrogens (primary N) is 1. The molecule has 0 aliphatic heterocycles. The van der Waals surface area contributed by atoms with Crippen LogP contribution in [0.1, 0.15) is 29.5 Å². The second-order valence-electron chi connectivity index (χ2n) is 8.22. The van der Waals surface area contributed by atoms with E-state index in [2.05, 4.69) is 0 Å². The quantitative estimate of drug-likeness (QED) is 0.300. The van der Waals surface area contributed by atoms with Gasteiger partial charge in [-0.1, -0.05) is 91.0 Å². The van der Waals surface area contributed by atoms with Crippen molar-refractivity contribution in [2.24, 2.45) is 5.73 Å². The summed E-state index contributed by atoms with van der Waals surface area (Å²) in [6.45, 7) is -0.350. The monoisotopic (exact) mass is 433 g/mol. The summed E-state index contributed by atoms with van der Waals surface area (Å²) in [5.41, 5.74) is 3.01. The van der Waals surface area contributed by atoms with Gasteiger partial charge in [0.05, 0.1) is 6.61 Å². The fourth-order valence-electron chi connectivity index (χ4n) is 4.20. The van der Waals surface area contributed by atoms with Crippen molar-refractivity contribution in [2.45, 2.75) is 29.8 Å². The van der Waals surface area contributed by atoms with Crippen LogP contribution in [0.5, 0.6) is 0 Å². The van der Waals surface area contributed by atoms with E-state index in [4.69, 9.17) is 10.5 Å². The molecule has 166 valence electrons. The van der Waals surface area contributed by atoms with Crippen molar-refractivity contribution in [2.75, 3.05) is 6.61 Å². The molecule has 3 aromatic carbocycles. The average molecular weight is 434 g/mol. The zero-order valence-electron chi connectivity index (χ0n) is 17.6. The Hall–Kier alpha value is -3.16. The molecule has 0 fully saturated rings. The highest BCUT2D eigenvalue weighted by Gasteiger charge is 2.49. The van der Waals surface area contributed by atoms with Crippen LogP contribution in [0.3, 0.4) is 0 Å². The number of ether oxygens (including phenoxy) is 1. The molecule has 2 unspecified atom stereocenters. The lowest BCUT2D eigenvalue weighted by Gasteiger charge is -2.41. The van der Waals surface area contributed by atoms with Gasteiger partial charge in [-0.2, -0.15) is 0 Å². The number of aliphatic hydroxyl groups is 4. The van der Waals surface area contributed by atoms with Crippen molar-refractivity contribution in [3.63, 3.8) is 0 Å². The molecule has 6 nitrogen and oxygen atoms in total. The minimum Gasteiger partial charge on any atom is -0.506 e. The van der Waals surface area contributed by atoms with E-state index in [1.54, 1.807) is 0 Å². The van der Waals surface area contributed by atoms with Gasteiger partial charge in [-0.3, -0.25) is 5.73 Å². The molecule has 6 heteroatoms. The SMILES string of the molecule is NC1(O)CCC(O)(COC(c2ccccc2)(c2ccccc2)c2ccccc2)C(O)=C1O. The normalized spacial score (nSPS) is 23.8. The summed E-state index contributed by atoms with van der Waals surface area (Å²) >= 11 is 0. The topological polar surface area (TPSA) is 116 Å². The van der Waals surface area contributed by atoms with Gasteiger partial charge < -0.3 is 25.2 Å². The average Bonchev–Trinajstić information content (AvgIpc) is 2.83. The largest absolute Gasteiger partial charge is 0.506 e. The molecule has 0 heterocycles. The number of benzene rings is 3. The van der Waals surface area contributed by atoms with E-state index >= 15 is 0 Å². The molecule has 32 heavy (non-hydrogen) atoms. The van der Waals surface area contributed by atoms with Crippen LogP contribution in [0, 0.1) is 0 Å². The predicted molar refractivity (Wildman–Crippen MR) is 121 cm³/mol. The van der Waals surface area contributed by atoms with E-state index in [0.717, 1.165) is 16.7 Å². The molecule has 3 aromatic rings. The van der Waals surface area contributed by atoms with Gasteiger partial charge >= 0.3 is 0 Å². The predicted octanol–water partition coefficient (Wildman–Crippen LogP) is 3.49. The summed E-state index contributed by atoms with van der Waals surface area (Å²) in [5.74, 6) is -1.63. The first-order valence-corrected chi connectivity index (χ1v) is 10.5. The Morgan fingerprint density at radius 2 is 1.09 bits per heavy atom. The van der Waals surface area contributed by atoms with Gasteiger partial charge in [0.15, 0.2) is 17.2 Å². The fourth-order valence-corrected chi connectivity index (χ4v) is 4.20. The van der Waals surface area contributed by atoms with E-state index in [9.17, 15) is 20.4 Å². The fraction of sp³-hybridized carbons (Fsp3) is 0.231. The van der Waals surface area contributed by atoms with Gasteiger partial charge in [0.1, 0.15) is 11.2 Å². The minimum atomic E-state index is -2.09. The lowest BCUT2D eigenvalue weighted by Crippen LogP contribution is -2.53. The maximum Gasteiger partial charge on any atom is 0.180 e. The minimum absolute atomic E-state index is 0.0929. The molecular weight excluding hydrogens is 406 g/mol. The molecule has 1 aliphatic rings. The van der Waals surface area contributed by atoms with Crippen LogP contribution in [0.25, 0.3) is 0 Å². The van der Waals surface area contributed by atoms with Gasteiger partial charge in [0, 0.05) is 6.42 Å². The van der Waals surface area contributed by atoms with Gasteiger partial charge in [-0.05, 0) is 23.1 Å². The molecular formula is C26H27NO5. The first-order chi connectivity index (χ1) is 15.3. The lowest BCUT2D eigenvalue weighted by atomic mass is 9.79. The second kappa shape index (κ2) is 8.41. The third-order valence-corrected chi connectivity index (χ3v) is 6.06. The Kier molecular flexibility index (Phi) is 5.79. The number of rotatable bonds is 6. The zero-order chi connectivity index (χ0) is 22.8. The van der Waals surface area contributed by atoms with Crippen LogP contribution in [0.2, 0.25) is 0 Å². The van der Waals surface area contributed by atoms with Crippen LogP contribution in [-0.4, -0.2) is 38.4 Å². The van der Waals surface area contributed by atoms with Crippen molar-refractivity contribution in [1.29, 1.82) is 0 Å². The van der Waals surface area contributed by atoms with Crippen LogP contribution >= 0.6 is 0 Å². The van der Waals surface area contributed by atoms with Crippen molar-refractivity contribution in [3.8, 4) is 0 Å². The molecule has 2 atom stereocenters. The summed E-state index contributed by atoms with van der Waals surface area (Å²) in [5, 5.41) is 41.9. The van der Waals surface area contributed by atoms with E-state index in [0.29, 0.717) is 0 Å². The maximum atomic E-state index is 11.2. The molecule has 4 rings (SSSR count). The summed E-state index contributed by atoms with van der Waals surface area (Å²) in [6.07, 6.45) is -0.234. The summed E-state index contributed by atoms with van der Waals surface area (Å²) in [7, 11) is 0. The molecule has 0 amide bonds. The van der Waals surface area contributed by atoms with E-state index < -0.39 is 28.4 Å². The summed E-state index contributed by atoms with van der Waals surface area (Å²) in [6, 6.07) is 28.8. The molecule has 0 spiro atoms. The van der Waals surface area contributed by atoms with Gasteiger partial charge in [-0.15, -0.1) is 0 Å². The molecule has 0 radical (unpaired) electrons. The Morgan fingerprint density at radius 3 is 1.50 bits per heavy atom. The Labute approximate surface area is 186 Å². The van der Waals surface area contributed by atoms with Crippen molar-refractivity contribution >= 4 is 0 Å². The lowest BCUT2D eigenvalue weighted by molar-refractivity contribution is -0.119. The number of hydrogen-bond acceptors (Lipinski definition) is 6. The van der Waals surface area contributed by atoms with Crippen LogP contribution in [0.15, 0.2) is 103 Å². The second-order valence-corrected chi connectivity index (χ2v) is 8.22. The van der Waals surface area contributed by atoms with E-state index in [1.807, 2.05) is 91.0 Å². The molecule has 0 saturated heterocycles. The van der Waals surface area contributed by atoms with Crippen molar-refractivity contribution in [3.05, 3.63) is 119 Å². The highest BCUT2D eigenvalue weighted by Crippen LogP contribution is 2.43. The molecule has 1 aliphatic carbocycles. The van der Waals surface area contributed by atoms with Crippen molar-refractivity contribution in [1.82, 2.24) is 0 Å². The first-order valence-electron chi connectivity index (χ1n) is 10.5. The first kappa shape index (κ1) is 22.0. The standard InChI is InChI=1S/C26H27NO5/c27-25(31)17-16-24(30,22(28)23(25)29)18-32-26(19-10-4-1-5-11-19,20-12-6-2-7-13-20)21-14-8-3-9-15-21/h1-15,28-31H,16-18,27H2. The van der Waals surface area contributed by atoms with Crippen molar-refractivity contribution < 1.29 is 25.2 Å². The molecule has 6 N–H and O–H groups in total. The Balaban J connectivity index is 1.85.